The monoisotopic (exact) mass is 377 g/mol. The first-order valence-corrected chi connectivity index (χ1v) is 9.15. The van der Waals surface area contributed by atoms with Gasteiger partial charge < -0.3 is 11.1 Å². The molecule has 0 aliphatic carbocycles. The zero-order valence-corrected chi connectivity index (χ0v) is 16.6. The summed E-state index contributed by atoms with van der Waals surface area (Å²) in [4.78, 5) is 11.8. The fourth-order valence-corrected chi connectivity index (χ4v) is 4.17. The Morgan fingerprint density at radius 2 is 1.38 bits per heavy atom. The molecule has 1 aromatic carbocycles. The standard InChI is InChI=1S/C16H27N3O3S.ClH/c1-10-11(2)13(4)16(14(5)12(10)3)23(21,22)19-8-6-15(20)18-9-7-17;/h19H,6-9,17H2,1-5H3,(H,18,20);1H. The van der Waals surface area contributed by atoms with Gasteiger partial charge >= 0.3 is 0 Å². The Labute approximate surface area is 151 Å². The lowest BCUT2D eigenvalue weighted by atomic mass is 9.95. The van der Waals surface area contributed by atoms with Gasteiger partial charge in [0.2, 0.25) is 15.9 Å². The fourth-order valence-electron chi connectivity index (χ4n) is 2.54. The van der Waals surface area contributed by atoms with Crippen LogP contribution in [0.2, 0.25) is 0 Å². The van der Waals surface area contributed by atoms with E-state index in [1.807, 2.05) is 34.6 Å². The first kappa shape index (κ1) is 22.9. The van der Waals surface area contributed by atoms with Crippen LogP contribution in [0.25, 0.3) is 0 Å². The van der Waals surface area contributed by atoms with Crippen molar-refractivity contribution in [3.8, 4) is 0 Å². The van der Waals surface area contributed by atoms with Crippen molar-refractivity contribution in [3.63, 3.8) is 0 Å². The normalized spacial score (nSPS) is 11.1. The SMILES string of the molecule is Cc1c(C)c(C)c(S(=O)(=O)NCCC(=O)NCCN)c(C)c1C.Cl. The Morgan fingerprint density at radius 1 is 0.917 bits per heavy atom. The lowest BCUT2D eigenvalue weighted by Crippen LogP contribution is -2.33. The summed E-state index contributed by atoms with van der Waals surface area (Å²) in [7, 11) is -3.65. The molecule has 0 saturated heterocycles. The van der Waals surface area contributed by atoms with E-state index < -0.39 is 10.0 Å². The van der Waals surface area contributed by atoms with Crippen molar-refractivity contribution < 1.29 is 13.2 Å². The topological polar surface area (TPSA) is 101 Å². The zero-order chi connectivity index (χ0) is 17.8. The lowest BCUT2D eigenvalue weighted by Gasteiger charge is -2.19. The minimum absolute atomic E-state index is 0. The molecule has 0 aliphatic rings. The molecule has 0 atom stereocenters. The summed E-state index contributed by atoms with van der Waals surface area (Å²) in [5, 5.41) is 2.61. The molecule has 0 aliphatic heterocycles. The van der Waals surface area contributed by atoms with Crippen LogP contribution in [-0.2, 0) is 14.8 Å². The molecule has 4 N–H and O–H groups in total. The number of hydrogen-bond acceptors (Lipinski definition) is 4. The summed E-state index contributed by atoms with van der Waals surface area (Å²) < 4.78 is 27.8. The molecule has 1 aromatic rings. The highest BCUT2D eigenvalue weighted by Gasteiger charge is 2.23. The molecule has 0 radical (unpaired) electrons. The van der Waals surface area contributed by atoms with Crippen LogP contribution in [0.1, 0.15) is 34.2 Å². The van der Waals surface area contributed by atoms with Crippen LogP contribution < -0.4 is 15.8 Å². The molecule has 0 bridgehead atoms. The van der Waals surface area contributed by atoms with E-state index in [-0.39, 0.29) is 31.3 Å². The van der Waals surface area contributed by atoms with E-state index in [0.29, 0.717) is 18.0 Å². The van der Waals surface area contributed by atoms with Gasteiger partial charge in [-0.05, 0) is 62.4 Å². The zero-order valence-electron chi connectivity index (χ0n) is 14.9. The molecule has 1 amide bonds. The van der Waals surface area contributed by atoms with Crippen molar-refractivity contribution in [2.75, 3.05) is 19.6 Å². The number of sulfonamides is 1. The van der Waals surface area contributed by atoms with Crippen molar-refractivity contribution in [3.05, 3.63) is 27.8 Å². The van der Waals surface area contributed by atoms with Gasteiger partial charge in [0.25, 0.3) is 0 Å². The van der Waals surface area contributed by atoms with Gasteiger partial charge in [-0.15, -0.1) is 12.4 Å². The van der Waals surface area contributed by atoms with Crippen LogP contribution in [-0.4, -0.2) is 34.0 Å². The van der Waals surface area contributed by atoms with E-state index in [1.54, 1.807) is 0 Å². The third-order valence-corrected chi connectivity index (χ3v) is 6.04. The van der Waals surface area contributed by atoms with Gasteiger partial charge in [0, 0.05) is 26.1 Å². The minimum Gasteiger partial charge on any atom is -0.355 e. The van der Waals surface area contributed by atoms with Crippen LogP contribution in [0.15, 0.2) is 4.90 Å². The van der Waals surface area contributed by atoms with Gasteiger partial charge in [-0.2, -0.15) is 0 Å². The second-order valence-corrected chi connectivity index (χ2v) is 7.44. The molecule has 0 spiro atoms. The molecule has 0 saturated carbocycles. The number of nitrogens with one attached hydrogen (secondary N) is 2. The Morgan fingerprint density at radius 3 is 1.83 bits per heavy atom. The molecule has 6 nitrogen and oxygen atoms in total. The predicted molar refractivity (Wildman–Crippen MR) is 99.2 cm³/mol. The van der Waals surface area contributed by atoms with Gasteiger partial charge in [0.1, 0.15) is 0 Å². The Bertz CT molecular complexity index is 674. The second kappa shape index (κ2) is 9.36. The largest absolute Gasteiger partial charge is 0.355 e. The quantitative estimate of drug-likeness (QED) is 0.668. The van der Waals surface area contributed by atoms with Crippen LogP contribution in [0.5, 0.6) is 0 Å². The molecular weight excluding hydrogens is 350 g/mol. The van der Waals surface area contributed by atoms with Crippen molar-refractivity contribution in [2.24, 2.45) is 5.73 Å². The summed E-state index contributed by atoms with van der Waals surface area (Å²) in [6.45, 7) is 10.3. The summed E-state index contributed by atoms with van der Waals surface area (Å²) >= 11 is 0. The first-order chi connectivity index (χ1) is 10.6. The minimum atomic E-state index is -3.65. The fraction of sp³-hybridized carbons (Fsp3) is 0.562. The maximum atomic E-state index is 12.6. The smallest absolute Gasteiger partial charge is 0.241 e. The van der Waals surface area contributed by atoms with Crippen LogP contribution in [0.4, 0.5) is 0 Å². The number of halogens is 1. The van der Waals surface area contributed by atoms with Crippen molar-refractivity contribution in [2.45, 2.75) is 45.9 Å². The van der Waals surface area contributed by atoms with Gasteiger partial charge in [0.15, 0.2) is 0 Å². The highest BCUT2D eigenvalue weighted by atomic mass is 35.5. The number of nitrogens with two attached hydrogens (primary N) is 1. The first-order valence-electron chi connectivity index (χ1n) is 7.66. The van der Waals surface area contributed by atoms with E-state index in [1.165, 1.54) is 0 Å². The number of amides is 1. The molecule has 0 aromatic heterocycles. The molecule has 0 fully saturated rings. The van der Waals surface area contributed by atoms with E-state index >= 15 is 0 Å². The maximum Gasteiger partial charge on any atom is 0.241 e. The number of hydrogen-bond donors (Lipinski definition) is 3. The predicted octanol–water partition coefficient (Wildman–Crippen LogP) is 1.39. The van der Waals surface area contributed by atoms with Crippen LogP contribution in [0.3, 0.4) is 0 Å². The maximum absolute atomic E-state index is 12.6. The van der Waals surface area contributed by atoms with Crippen LogP contribution in [0, 0.1) is 34.6 Å². The van der Waals surface area contributed by atoms with Crippen molar-refractivity contribution >= 4 is 28.3 Å². The van der Waals surface area contributed by atoms with E-state index in [9.17, 15) is 13.2 Å². The highest BCUT2D eigenvalue weighted by molar-refractivity contribution is 7.89. The average Bonchev–Trinajstić information content (AvgIpc) is 2.48. The number of carbonyl (C=O) groups excluding carboxylic acids is 1. The summed E-state index contributed by atoms with van der Waals surface area (Å²) in [6, 6.07) is 0. The molecule has 24 heavy (non-hydrogen) atoms. The van der Waals surface area contributed by atoms with Crippen LogP contribution >= 0.6 is 12.4 Å². The third kappa shape index (κ3) is 5.17. The van der Waals surface area contributed by atoms with Gasteiger partial charge in [-0.25, -0.2) is 13.1 Å². The van der Waals surface area contributed by atoms with E-state index in [2.05, 4.69) is 10.0 Å². The number of carbonyl (C=O) groups is 1. The van der Waals surface area contributed by atoms with Gasteiger partial charge in [-0.1, -0.05) is 0 Å². The molecule has 138 valence electrons. The number of rotatable bonds is 7. The summed E-state index contributed by atoms with van der Waals surface area (Å²) in [5.41, 5.74) is 9.88. The molecule has 0 unspecified atom stereocenters. The Kier molecular flexibility index (Phi) is 8.91. The summed E-state index contributed by atoms with van der Waals surface area (Å²) in [5.74, 6) is -0.220. The lowest BCUT2D eigenvalue weighted by molar-refractivity contribution is -0.120. The van der Waals surface area contributed by atoms with Gasteiger partial charge in [-0.3, -0.25) is 4.79 Å². The summed E-state index contributed by atoms with van der Waals surface area (Å²) in [6.07, 6.45) is 0.0845. The van der Waals surface area contributed by atoms with E-state index in [0.717, 1.165) is 27.8 Å². The van der Waals surface area contributed by atoms with Crippen molar-refractivity contribution in [1.29, 1.82) is 0 Å². The second-order valence-electron chi connectivity index (χ2n) is 5.74. The van der Waals surface area contributed by atoms with E-state index in [4.69, 9.17) is 5.73 Å². The highest BCUT2D eigenvalue weighted by Crippen LogP contribution is 2.29. The third-order valence-electron chi connectivity index (χ3n) is 4.31. The van der Waals surface area contributed by atoms with Crippen molar-refractivity contribution in [1.82, 2.24) is 10.0 Å². The molecule has 1 rings (SSSR count). The molecule has 8 heteroatoms. The Hall–Kier alpha value is -1.15. The average molecular weight is 378 g/mol. The molecule has 0 heterocycles. The number of benzene rings is 1. The molecular formula is C16H28ClN3O3S. The van der Waals surface area contributed by atoms with Gasteiger partial charge in [0.05, 0.1) is 4.90 Å². The Balaban J connectivity index is 0.00000529.